The van der Waals surface area contributed by atoms with E-state index in [2.05, 4.69) is 9.71 Å². The lowest BCUT2D eigenvalue weighted by molar-refractivity contribution is 0.600. The van der Waals surface area contributed by atoms with Gasteiger partial charge in [0.2, 0.25) is 10.0 Å². The van der Waals surface area contributed by atoms with E-state index >= 15 is 0 Å². The molecular formula is C19H13Cl2N3O2S. The van der Waals surface area contributed by atoms with E-state index in [0.29, 0.717) is 32.4 Å². The Labute approximate surface area is 167 Å². The number of aromatic nitrogens is 1. The lowest BCUT2D eigenvalue weighted by Crippen LogP contribution is -2.15. The zero-order valence-corrected chi connectivity index (χ0v) is 16.2. The smallest absolute Gasteiger partial charge is 0.237 e. The van der Waals surface area contributed by atoms with Crippen molar-refractivity contribution >= 4 is 38.9 Å². The fourth-order valence-electron chi connectivity index (χ4n) is 2.47. The molecule has 0 unspecified atom stereocenters. The maximum atomic E-state index is 12.5. The largest absolute Gasteiger partial charge is 0.282 e. The average molecular weight is 418 g/mol. The van der Waals surface area contributed by atoms with Crippen LogP contribution in [-0.4, -0.2) is 13.4 Å². The molecular weight excluding hydrogens is 405 g/mol. The van der Waals surface area contributed by atoms with Crippen LogP contribution in [0.2, 0.25) is 10.0 Å². The van der Waals surface area contributed by atoms with Crippen molar-refractivity contribution in [1.82, 2.24) is 4.98 Å². The fraction of sp³-hybridized carbons (Fsp3) is 0.0526. The van der Waals surface area contributed by atoms with E-state index in [1.54, 1.807) is 54.7 Å². The van der Waals surface area contributed by atoms with Crippen molar-refractivity contribution < 1.29 is 8.42 Å². The normalized spacial score (nSPS) is 11.0. The highest BCUT2D eigenvalue weighted by Crippen LogP contribution is 2.27. The predicted molar refractivity (Wildman–Crippen MR) is 107 cm³/mol. The molecule has 1 heterocycles. The third-order valence-corrected chi connectivity index (χ3v) is 5.66. The zero-order valence-electron chi connectivity index (χ0n) is 13.9. The van der Waals surface area contributed by atoms with E-state index in [9.17, 15) is 8.42 Å². The van der Waals surface area contributed by atoms with E-state index in [0.717, 1.165) is 5.56 Å². The molecule has 8 heteroatoms. The van der Waals surface area contributed by atoms with E-state index in [-0.39, 0.29) is 5.75 Å². The molecule has 0 fully saturated rings. The topological polar surface area (TPSA) is 82.8 Å². The molecule has 27 heavy (non-hydrogen) atoms. The molecule has 0 spiro atoms. The van der Waals surface area contributed by atoms with Crippen LogP contribution in [-0.2, 0) is 15.8 Å². The Morgan fingerprint density at radius 1 is 1.00 bits per heavy atom. The first kappa shape index (κ1) is 19.2. The fourth-order valence-corrected chi connectivity index (χ4v) is 4.18. The summed E-state index contributed by atoms with van der Waals surface area (Å²) < 4.78 is 27.4. The Bertz CT molecular complexity index is 1140. The first-order valence-corrected chi connectivity index (χ1v) is 10.2. The summed E-state index contributed by atoms with van der Waals surface area (Å²) in [5.41, 5.74) is 2.58. The Hall–Kier alpha value is -2.59. The van der Waals surface area contributed by atoms with Gasteiger partial charge in [-0.05, 0) is 35.4 Å². The highest BCUT2D eigenvalue weighted by atomic mass is 35.5. The van der Waals surface area contributed by atoms with Crippen molar-refractivity contribution in [1.29, 1.82) is 5.26 Å². The molecule has 1 N–H and O–H groups in total. The van der Waals surface area contributed by atoms with Crippen LogP contribution in [0.4, 0.5) is 5.69 Å². The first-order chi connectivity index (χ1) is 12.9. The van der Waals surface area contributed by atoms with Gasteiger partial charge < -0.3 is 0 Å². The van der Waals surface area contributed by atoms with Gasteiger partial charge in [-0.1, -0.05) is 47.5 Å². The molecule has 0 aliphatic heterocycles. The standard InChI is InChI=1S/C19H13Cl2N3O2S/c20-18-4-2-1-3-15(18)12-27(25,26)24-17-7-16(10-23-11-17)13-5-6-14(9-22)19(21)8-13/h1-8,10-11,24H,12H2. The SMILES string of the molecule is N#Cc1ccc(-c2cncc(NS(=O)(=O)Cc3ccccc3Cl)c2)cc1Cl. The van der Waals surface area contributed by atoms with Gasteiger partial charge in [0.05, 0.1) is 28.2 Å². The Morgan fingerprint density at radius 2 is 1.78 bits per heavy atom. The molecule has 0 amide bonds. The van der Waals surface area contributed by atoms with Crippen molar-refractivity contribution in [2.45, 2.75) is 5.75 Å². The van der Waals surface area contributed by atoms with E-state index in [1.165, 1.54) is 6.20 Å². The number of benzene rings is 2. The highest BCUT2D eigenvalue weighted by molar-refractivity contribution is 7.91. The van der Waals surface area contributed by atoms with Crippen molar-refractivity contribution in [2.24, 2.45) is 0 Å². The first-order valence-electron chi connectivity index (χ1n) is 7.77. The molecule has 0 atom stereocenters. The van der Waals surface area contributed by atoms with Gasteiger partial charge >= 0.3 is 0 Å². The van der Waals surface area contributed by atoms with Crippen LogP contribution in [0.1, 0.15) is 11.1 Å². The van der Waals surface area contributed by atoms with Crippen molar-refractivity contribution in [3.8, 4) is 17.2 Å². The molecule has 0 radical (unpaired) electrons. The summed E-state index contributed by atoms with van der Waals surface area (Å²) >= 11 is 12.1. The predicted octanol–water partition coefficient (Wildman–Crippen LogP) is 4.87. The summed E-state index contributed by atoms with van der Waals surface area (Å²) in [6, 6.07) is 15.4. The third-order valence-electron chi connectivity index (χ3n) is 3.74. The van der Waals surface area contributed by atoms with Gasteiger partial charge in [0.25, 0.3) is 0 Å². The number of pyridine rings is 1. The second-order valence-corrected chi connectivity index (χ2v) is 8.26. The van der Waals surface area contributed by atoms with Crippen LogP contribution < -0.4 is 4.72 Å². The molecule has 3 aromatic rings. The van der Waals surface area contributed by atoms with Gasteiger partial charge in [0.1, 0.15) is 6.07 Å². The Morgan fingerprint density at radius 3 is 2.48 bits per heavy atom. The van der Waals surface area contributed by atoms with Crippen LogP contribution in [0, 0.1) is 11.3 Å². The van der Waals surface area contributed by atoms with Gasteiger partial charge in [0, 0.05) is 16.8 Å². The molecule has 0 saturated carbocycles. The lowest BCUT2D eigenvalue weighted by Gasteiger charge is -2.10. The van der Waals surface area contributed by atoms with Crippen LogP contribution >= 0.6 is 23.2 Å². The van der Waals surface area contributed by atoms with E-state index in [1.807, 2.05) is 6.07 Å². The summed E-state index contributed by atoms with van der Waals surface area (Å²) in [4.78, 5) is 4.08. The summed E-state index contributed by atoms with van der Waals surface area (Å²) in [6.45, 7) is 0. The molecule has 0 aliphatic rings. The summed E-state index contributed by atoms with van der Waals surface area (Å²) in [5, 5.41) is 9.67. The maximum Gasteiger partial charge on any atom is 0.237 e. The molecule has 0 saturated heterocycles. The average Bonchev–Trinajstić information content (AvgIpc) is 2.63. The minimum atomic E-state index is -3.67. The summed E-state index contributed by atoms with van der Waals surface area (Å²) in [6.07, 6.45) is 3.00. The number of hydrogen-bond acceptors (Lipinski definition) is 4. The monoisotopic (exact) mass is 417 g/mol. The number of anilines is 1. The Balaban J connectivity index is 1.84. The van der Waals surface area contributed by atoms with Crippen molar-refractivity contribution in [3.63, 3.8) is 0 Å². The number of nitrogens with one attached hydrogen (secondary N) is 1. The number of sulfonamides is 1. The molecule has 5 nitrogen and oxygen atoms in total. The number of halogens is 2. The minimum Gasteiger partial charge on any atom is -0.282 e. The zero-order chi connectivity index (χ0) is 19.4. The summed E-state index contributed by atoms with van der Waals surface area (Å²) in [5.74, 6) is -0.250. The molecule has 1 aromatic heterocycles. The van der Waals surface area contributed by atoms with Gasteiger partial charge in [-0.15, -0.1) is 0 Å². The summed E-state index contributed by atoms with van der Waals surface area (Å²) in [7, 11) is -3.67. The molecule has 2 aromatic carbocycles. The molecule has 3 rings (SSSR count). The highest BCUT2D eigenvalue weighted by Gasteiger charge is 2.14. The van der Waals surface area contributed by atoms with Crippen LogP contribution in [0.5, 0.6) is 0 Å². The number of nitrogens with zero attached hydrogens (tertiary/aromatic N) is 2. The molecule has 136 valence electrons. The minimum absolute atomic E-state index is 0.250. The van der Waals surface area contributed by atoms with Gasteiger partial charge in [0.15, 0.2) is 0 Å². The lowest BCUT2D eigenvalue weighted by atomic mass is 10.1. The van der Waals surface area contributed by atoms with E-state index < -0.39 is 10.0 Å². The second kappa shape index (κ2) is 7.97. The number of nitriles is 1. The Kier molecular flexibility index (Phi) is 5.66. The van der Waals surface area contributed by atoms with E-state index in [4.69, 9.17) is 28.5 Å². The third kappa shape index (κ3) is 4.77. The molecule has 0 bridgehead atoms. The van der Waals surface area contributed by atoms with Crippen LogP contribution in [0.3, 0.4) is 0 Å². The van der Waals surface area contributed by atoms with Crippen LogP contribution in [0.15, 0.2) is 60.9 Å². The van der Waals surface area contributed by atoms with Crippen molar-refractivity contribution in [3.05, 3.63) is 82.1 Å². The van der Waals surface area contributed by atoms with Gasteiger partial charge in [-0.25, -0.2) is 8.42 Å². The maximum absolute atomic E-state index is 12.5. The van der Waals surface area contributed by atoms with Gasteiger partial charge in [-0.2, -0.15) is 5.26 Å². The second-order valence-electron chi connectivity index (χ2n) is 5.72. The number of hydrogen-bond donors (Lipinski definition) is 1. The van der Waals surface area contributed by atoms with Crippen LogP contribution in [0.25, 0.3) is 11.1 Å². The quantitative estimate of drug-likeness (QED) is 0.641. The van der Waals surface area contributed by atoms with Gasteiger partial charge in [-0.3, -0.25) is 9.71 Å². The van der Waals surface area contributed by atoms with Crippen molar-refractivity contribution in [2.75, 3.05) is 4.72 Å². The molecule has 0 aliphatic carbocycles. The number of rotatable bonds is 5.